The van der Waals surface area contributed by atoms with Crippen LogP contribution in [0.4, 0.5) is 0 Å². The number of likely N-dealkylation sites (tertiary alicyclic amines) is 1. The molecule has 0 amide bonds. The molecule has 1 N–H and O–H groups in total. The fourth-order valence-corrected chi connectivity index (χ4v) is 3.71. The van der Waals surface area contributed by atoms with Crippen LogP contribution in [0.2, 0.25) is 10.0 Å². The predicted octanol–water partition coefficient (Wildman–Crippen LogP) is 2.37. The molecule has 0 spiro atoms. The Morgan fingerprint density at radius 1 is 1.23 bits per heavy atom. The van der Waals surface area contributed by atoms with Gasteiger partial charge in [-0.25, -0.2) is 4.68 Å². The van der Waals surface area contributed by atoms with E-state index in [1.165, 1.54) is 6.42 Å². The Morgan fingerprint density at radius 2 is 2.14 bits per heavy atom. The first-order valence-corrected chi connectivity index (χ1v) is 8.25. The molecule has 2 unspecified atom stereocenters. The van der Waals surface area contributed by atoms with E-state index < -0.39 is 0 Å². The van der Waals surface area contributed by atoms with Gasteiger partial charge in [-0.1, -0.05) is 28.4 Å². The zero-order chi connectivity index (χ0) is 15.1. The summed E-state index contributed by atoms with van der Waals surface area (Å²) in [5.41, 5.74) is 1.85. The first-order chi connectivity index (χ1) is 10.7. The summed E-state index contributed by atoms with van der Waals surface area (Å²) in [5, 5.41) is 13.1. The van der Waals surface area contributed by atoms with Crippen molar-refractivity contribution in [2.45, 2.75) is 19.0 Å². The molecule has 2 aromatic rings. The summed E-state index contributed by atoms with van der Waals surface area (Å²) in [6.45, 7) is 4.23. The third-order valence-electron chi connectivity index (χ3n) is 4.40. The number of hydrogen-bond acceptors (Lipinski definition) is 4. The number of fused-ring (bicyclic) bond motifs is 2. The maximum Gasteiger partial charge on any atom is 0.0971 e. The van der Waals surface area contributed by atoms with Gasteiger partial charge in [0.1, 0.15) is 0 Å². The average molecular weight is 338 g/mol. The van der Waals surface area contributed by atoms with Gasteiger partial charge in [-0.3, -0.25) is 4.90 Å². The Hall–Kier alpha value is -1.14. The van der Waals surface area contributed by atoms with Crippen LogP contribution in [0.25, 0.3) is 5.69 Å². The summed E-state index contributed by atoms with van der Waals surface area (Å²) >= 11 is 12.0. The van der Waals surface area contributed by atoms with Crippen LogP contribution < -0.4 is 5.32 Å². The van der Waals surface area contributed by atoms with Crippen molar-refractivity contribution in [1.29, 1.82) is 0 Å². The predicted molar refractivity (Wildman–Crippen MR) is 86.6 cm³/mol. The Bertz CT molecular complexity index is 674. The molecule has 2 fully saturated rings. The lowest BCUT2D eigenvalue weighted by atomic mass is 10.00. The van der Waals surface area contributed by atoms with Crippen LogP contribution >= 0.6 is 23.2 Å². The zero-order valence-electron chi connectivity index (χ0n) is 12.0. The van der Waals surface area contributed by atoms with E-state index in [-0.39, 0.29) is 0 Å². The summed E-state index contributed by atoms with van der Waals surface area (Å²) in [7, 11) is 0. The summed E-state index contributed by atoms with van der Waals surface area (Å²) in [6, 6.07) is 6.10. The van der Waals surface area contributed by atoms with Gasteiger partial charge in [0.05, 0.1) is 27.6 Å². The van der Waals surface area contributed by atoms with Crippen LogP contribution in [-0.2, 0) is 6.54 Å². The summed E-state index contributed by atoms with van der Waals surface area (Å²) in [4.78, 5) is 2.46. The van der Waals surface area contributed by atoms with Gasteiger partial charge in [0.15, 0.2) is 0 Å². The topological polar surface area (TPSA) is 46.0 Å². The van der Waals surface area contributed by atoms with Crippen molar-refractivity contribution in [2.75, 3.05) is 19.6 Å². The van der Waals surface area contributed by atoms with Crippen LogP contribution in [0, 0.1) is 5.92 Å². The molecule has 2 bridgehead atoms. The number of piperidine rings is 1. The maximum absolute atomic E-state index is 6.06. The Labute approximate surface area is 139 Å². The third kappa shape index (κ3) is 2.86. The van der Waals surface area contributed by atoms with Gasteiger partial charge in [0.25, 0.3) is 0 Å². The first kappa shape index (κ1) is 14.5. The normalized spacial score (nSPS) is 24.8. The summed E-state index contributed by atoms with van der Waals surface area (Å²) in [6.07, 6.45) is 3.27. The zero-order valence-corrected chi connectivity index (χ0v) is 13.6. The van der Waals surface area contributed by atoms with Crippen molar-refractivity contribution in [3.8, 4) is 5.69 Å². The van der Waals surface area contributed by atoms with E-state index in [0.717, 1.165) is 43.5 Å². The lowest BCUT2D eigenvalue weighted by Gasteiger charge is -2.30. The molecule has 4 rings (SSSR count). The quantitative estimate of drug-likeness (QED) is 0.933. The van der Waals surface area contributed by atoms with Gasteiger partial charge in [0.2, 0.25) is 0 Å². The highest BCUT2D eigenvalue weighted by atomic mass is 35.5. The number of nitrogens with zero attached hydrogens (tertiary/aromatic N) is 4. The highest BCUT2D eigenvalue weighted by Gasteiger charge is 2.32. The molecule has 2 aliphatic heterocycles. The molecule has 0 radical (unpaired) electrons. The Balaban J connectivity index is 1.48. The van der Waals surface area contributed by atoms with Crippen LogP contribution in [0.1, 0.15) is 12.1 Å². The van der Waals surface area contributed by atoms with Crippen LogP contribution in [0.5, 0.6) is 0 Å². The SMILES string of the molecule is Clc1ccc(-n2cc(CN3CC4CNC(C4)C3)nn2)cc1Cl. The fourth-order valence-electron chi connectivity index (χ4n) is 3.41. The number of nitrogens with one attached hydrogen (secondary N) is 1. The first-order valence-electron chi connectivity index (χ1n) is 7.50. The van der Waals surface area contributed by atoms with Crippen molar-refractivity contribution in [3.63, 3.8) is 0 Å². The minimum Gasteiger partial charge on any atom is -0.312 e. The van der Waals surface area contributed by atoms with Gasteiger partial charge < -0.3 is 5.32 Å². The van der Waals surface area contributed by atoms with E-state index in [9.17, 15) is 0 Å². The molecule has 2 atom stereocenters. The second-order valence-corrected chi connectivity index (χ2v) is 6.97. The van der Waals surface area contributed by atoms with E-state index in [0.29, 0.717) is 16.1 Å². The van der Waals surface area contributed by atoms with Gasteiger partial charge >= 0.3 is 0 Å². The molecule has 1 aromatic carbocycles. The minimum atomic E-state index is 0.523. The van der Waals surface area contributed by atoms with Gasteiger partial charge in [-0.05, 0) is 37.1 Å². The fraction of sp³-hybridized carbons (Fsp3) is 0.467. The molecule has 0 saturated carbocycles. The highest BCUT2D eigenvalue weighted by molar-refractivity contribution is 6.42. The van der Waals surface area contributed by atoms with E-state index in [2.05, 4.69) is 20.5 Å². The van der Waals surface area contributed by atoms with E-state index in [1.807, 2.05) is 12.3 Å². The molecule has 116 valence electrons. The molecule has 2 aliphatic rings. The van der Waals surface area contributed by atoms with E-state index in [4.69, 9.17) is 23.2 Å². The molecule has 5 nitrogen and oxygen atoms in total. The Kier molecular flexibility index (Phi) is 3.82. The van der Waals surface area contributed by atoms with Crippen molar-refractivity contribution in [3.05, 3.63) is 40.1 Å². The maximum atomic E-state index is 6.06. The second kappa shape index (κ2) is 5.81. The van der Waals surface area contributed by atoms with Crippen LogP contribution in [0.15, 0.2) is 24.4 Å². The molecular weight excluding hydrogens is 321 g/mol. The molecule has 2 saturated heterocycles. The van der Waals surface area contributed by atoms with Crippen molar-refractivity contribution >= 4 is 23.2 Å². The number of benzene rings is 1. The monoisotopic (exact) mass is 337 g/mol. The lowest BCUT2D eigenvalue weighted by molar-refractivity contribution is 0.183. The highest BCUT2D eigenvalue weighted by Crippen LogP contribution is 2.25. The minimum absolute atomic E-state index is 0.523. The molecule has 1 aromatic heterocycles. The average Bonchev–Trinajstić information content (AvgIpc) is 3.09. The smallest absolute Gasteiger partial charge is 0.0971 e. The molecule has 22 heavy (non-hydrogen) atoms. The van der Waals surface area contributed by atoms with E-state index >= 15 is 0 Å². The van der Waals surface area contributed by atoms with Crippen LogP contribution in [0.3, 0.4) is 0 Å². The van der Waals surface area contributed by atoms with Crippen LogP contribution in [-0.4, -0.2) is 45.6 Å². The van der Waals surface area contributed by atoms with Gasteiger partial charge in [-0.2, -0.15) is 0 Å². The van der Waals surface area contributed by atoms with Gasteiger partial charge in [0, 0.05) is 25.7 Å². The Morgan fingerprint density at radius 3 is 2.95 bits per heavy atom. The number of rotatable bonds is 3. The van der Waals surface area contributed by atoms with Crippen molar-refractivity contribution in [1.82, 2.24) is 25.2 Å². The summed E-state index contributed by atoms with van der Waals surface area (Å²) < 4.78 is 1.74. The third-order valence-corrected chi connectivity index (χ3v) is 5.14. The van der Waals surface area contributed by atoms with E-state index in [1.54, 1.807) is 16.8 Å². The van der Waals surface area contributed by atoms with Crippen molar-refractivity contribution < 1.29 is 0 Å². The van der Waals surface area contributed by atoms with Crippen molar-refractivity contribution in [2.24, 2.45) is 5.92 Å². The molecule has 0 aliphatic carbocycles. The molecular formula is C15H17Cl2N5. The number of halogens is 2. The summed E-state index contributed by atoms with van der Waals surface area (Å²) in [5.74, 6) is 0.781. The largest absolute Gasteiger partial charge is 0.312 e. The van der Waals surface area contributed by atoms with Gasteiger partial charge in [-0.15, -0.1) is 5.10 Å². The lowest BCUT2D eigenvalue weighted by Crippen LogP contribution is -2.40. The standard InChI is InChI=1S/C15H17Cl2N5/c16-14-2-1-13(4-15(14)17)22-9-12(19-20-22)8-21-6-10-3-11(7-21)18-5-10/h1-2,4,9-11,18H,3,5-8H2. The number of aromatic nitrogens is 3. The molecule has 7 heteroatoms. The second-order valence-electron chi connectivity index (χ2n) is 6.15. The molecule has 3 heterocycles. The number of hydrogen-bond donors (Lipinski definition) is 1.